The van der Waals surface area contributed by atoms with Gasteiger partial charge in [-0.15, -0.1) is 0 Å². The highest BCUT2D eigenvalue weighted by Gasteiger charge is 2.11. The molecule has 1 heterocycles. The lowest BCUT2D eigenvalue weighted by Gasteiger charge is -2.10. The second kappa shape index (κ2) is 4.90. The molecule has 0 aliphatic carbocycles. The molecule has 0 amide bonds. The summed E-state index contributed by atoms with van der Waals surface area (Å²) in [6.45, 7) is 1.91. The average Bonchev–Trinajstić information content (AvgIpc) is 2.32. The highest BCUT2D eigenvalue weighted by molar-refractivity contribution is 6.31. The molecule has 0 atom stereocenters. The van der Waals surface area contributed by atoms with Crippen LogP contribution in [0.4, 0.5) is 0 Å². The first-order valence-electron chi connectivity index (χ1n) is 4.95. The van der Waals surface area contributed by atoms with Gasteiger partial charge in [0.1, 0.15) is 5.75 Å². The topological polar surface area (TPSA) is 35.0 Å². The Bertz CT molecular complexity index is 558. The standard InChI is InChI=1S/C12H10Cl2N2O/c1-7-6-15-12(14)16-11(7)9-5-8(13)3-4-10(9)17-2/h3-6H,1-2H3. The van der Waals surface area contributed by atoms with E-state index in [0.717, 1.165) is 16.8 Å². The molecule has 0 fully saturated rings. The first kappa shape index (κ1) is 12.1. The summed E-state index contributed by atoms with van der Waals surface area (Å²) in [7, 11) is 1.60. The van der Waals surface area contributed by atoms with Gasteiger partial charge in [0.15, 0.2) is 0 Å². The van der Waals surface area contributed by atoms with Crippen LogP contribution < -0.4 is 4.74 Å². The van der Waals surface area contributed by atoms with E-state index >= 15 is 0 Å². The minimum absolute atomic E-state index is 0.202. The number of benzene rings is 1. The Morgan fingerprint density at radius 3 is 2.71 bits per heavy atom. The van der Waals surface area contributed by atoms with Gasteiger partial charge in [0.2, 0.25) is 5.28 Å². The Labute approximate surface area is 109 Å². The lowest BCUT2D eigenvalue weighted by Crippen LogP contribution is -1.94. The summed E-state index contributed by atoms with van der Waals surface area (Å²) < 4.78 is 5.29. The van der Waals surface area contributed by atoms with Gasteiger partial charge in [-0.1, -0.05) is 11.6 Å². The largest absolute Gasteiger partial charge is 0.496 e. The van der Waals surface area contributed by atoms with Crippen molar-refractivity contribution in [2.24, 2.45) is 0 Å². The van der Waals surface area contributed by atoms with Gasteiger partial charge in [-0.05, 0) is 42.3 Å². The Balaban J connectivity index is 2.66. The fourth-order valence-electron chi connectivity index (χ4n) is 1.56. The van der Waals surface area contributed by atoms with Gasteiger partial charge < -0.3 is 4.74 Å². The van der Waals surface area contributed by atoms with Gasteiger partial charge in [-0.2, -0.15) is 0 Å². The van der Waals surface area contributed by atoms with Gasteiger partial charge in [0, 0.05) is 16.8 Å². The van der Waals surface area contributed by atoms with Crippen molar-refractivity contribution in [1.29, 1.82) is 0 Å². The van der Waals surface area contributed by atoms with E-state index in [1.165, 1.54) is 0 Å². The highest BCUT2D eigenvalue weighted by Crippen LogP contribution is 2.33. The molecular weight excluding hydrogens is 259 g/mol. The van der Waals surface area contributed by atoms with E-state index in [9.17, 15) is 0 Å². The maximum Gasteiger partial charge on any atom is 0.222 e. The van der Waals surface area contributed by atoms with Crippen molar-refractivity contribution >= 4 is 23.2 Å². The zero-order chi connectivity index (χ0) is 12.4. The van der Waals surface area contributed by atoms with Crippen LogP contribution >= 0.6 is 23.2 Å². The van der Waals surface area contributed by atoms with Crippen LogP contribution in [0, 0.1) is 6.92 Å². The number of hydrogen-bond donors (Lipinski definition) is 0. The number of aromatic nitrogens is 2. The zero-order valence-electron chi connectivity index (χ0n) is 9.37. The lowest BCUT2D eigenvalue weighted by molar-refractivity contribution is 0.416. The van der Waals surface area contributed by atoms with Gasteiger partial charge in [-0.25, -0.2) is 9.97 Å². The molecule has 1 aromatic carbocycles. The minimum atomic E-state index is 0.202. The number of methoxy groups -OCH3 is 1. The van der Waals surface area contributed by atoms with Gasteiger partial charge in [0.25, 0.3) is 0 Å². The number of aryl methyl sites for hydroxylation is 1. The Kier molecular flexibility index (Phi) is 3.50. The third-order valence-electron chi connectivity index (χ3n) is 2.36. The SMILES string of the molecule is COc1ccc(Cl)cc1-c1nc(Cl)ncc1C. The molecule has 3 nitrogen and oxygen atoms in total. The molecule has 5 heteroatoms. The first-order valence-corrected chi connectivity index (χ1v) is 5.70. The zero-order valence-corrected chi connectivity index (χ0v) is 10.9. The van der Waals surface area contributed by atoms with Crippen LogP contribution in [0.2, 0.25) is 10.3 Å². The van der Waals surface area contributed by atoms with Crippen molar-refractivity contribution in [1.82, 2.24) is 9.97 Å². The maximum absolute atomic E-state index is 5.98. The van der Waals surface area contributed by atoms with E-state index in [1.54, 1.807) is 31.5 Å². The fraction of sp³-hybridized carbons (Fsp3) is 0.167. The summed E-state index contributed by atoms with van der Waals surface area (Å²) in [5, 5.41) is 0.822. The van der Waals surface area contributed by atoms with Gasteiger partial charge >= 0.3 is 0 Å². The quantitative estimate of drug-likeness (QED) is 0.778. The van der Waals surface area contributed by atoms with Crippen molar-refractivity contribution in [3.8, 4) is 17.0 Å². The van der Waals surface area contributed by atoms with Crippen LogP contribution in [0.1, 0.15) is 5.56 Å². The maximum atomic E-state index is 5.98. The molecule has 0 saturated carbocycles. The summed E-state index contributed by atoms with van der Waals surface area (Å²) in [6, 6.07) is 5.36. The first-order chi connectivity index (χ1) is 8.11. The minimum Gasteiger partial charge on any atom is -0.496 e. The molecule has 0 spiro atoms. The van der Waals surface area contributed by atoms with E-state index in [4.69, 9.17) is 27.9 Å². The molecule has 2 aromatic rings. The molecule has 88 valence electrons. The highest BCUT2D eigenvalue weighted by atomic mass is 35.5. The second-order valence-corrected chi connectivity index (χ2v) is 4.29. The van der Waals surface area contributed by atoms with Crippen molar-refractivity contribution in [2.45, 2.75) is 6.92 Å². The van der Waals surface area contributed by atoms with E-state index < -0.39 is 0 Å². The fourth-order valence-corrected chi connectivity index (χ4v) is 1.86. The summed E-state index contributed by atoms with van der Waals surface area (Å²) in [5.74, 6) is 0.701. The Hall–Kier alpha value is -1.32. The van der Waals surface area contributed by atoms with Crippen molar-refractivity contribution in [3.05, 3.63) is 40.3 Å². The van der Waals surface area contributed by atoms with E-state index in [-0.39, 0.29) is 5.28 Å². The molecule has 0 N–H and O–H groups in total. The normalized spacial score (nSPS) is 10.4. The summed E-state index contributed by atoms with van der Waals surface area (Å²) in [5.41, 5.74) is 2.45. The van der Waals surface area contributed by atoms with E-state index in [2.05, 4.69) is 9.97 Å². The van der Waals surface area contributed by atoms with E-state index in [0.29, 0.717) is 10.8 Å². The van der Waals surface area contributed by atoms with Gasteiger partial charge in [0.05, 0.1) is 12.8 Å². The number of rotatable bonds is 2. The molecule has 0 aliphatic rings. The molecule has 17 heavy (non-hydrogen) atoms. The van der Waals surface area contributed by atoms with Crippen molar-refractivity contribution < 1.29 is 4.74 Å². The molecule has 1 aromatic heterocycles. The molecule has 0 bridgehead atoms. The predicted molar refractivity (Wildman–Crippen MR) is 68.8 cm³/mol. The van der Waals surface area contributed by atoms with Crippen molar-refractivity contribution in [2.75, 3.05) is 7.11 Å². The summed E-state index contributed by atoms with van der Waals surface area (Å²) in [4.78, 5) is 8.13. The Morgan fingerprint density at radius 2 is 2.00 bits per heavy atom. The second-order valence-electron chi connectivity index (χ2n) is 3.52. The molecule has 0 aliphatic heterocycles. The molecule has 2 rings (SSSR count). The van der Waals surface area contributed by atoms with Crippen LogP contribution in [0.3, 0.4) is 0 Å². The van der Waals surface area contributed by atoms with Crippen LogP contribution in [0.5, 0.6) is 5.75 Å². The van der Waals surface area contributed by atoms with Crippen molar-refractivity contribution in [3.63, 3.8) is 0 Å². The molecule has 0 saturated heterocycles. The lowest BCUT2D eigenvalue weighted by atomic mass is 10.1. The number of halogens is 2. The van der Waals surface area contributed by atoms with Crippen LogP contribution in [0.25, 0.3) is 11.3 Å². The molecular formula is C12H10Cl2N2O. The average molecular weight is 269 g/mol. The number of nitrogens with zero attached hydrogens (tertiary/aromatic N) is 2. The Morgan fingerprint density at radius 1 is 1.24 bits per heavy atom. The monoisotopic (exact) mass is 268 g/mol. The third kappa shape index (κ3) is 2.51. The van der Waals surface area contributed by atoms with Crippen LogP contribution in [0.15, 0.2) is 24.4 Å². The van der Waals surface area contributed by atoms with Crippen LogP contribution in [-0.4, -0.2) is 17.1 Å². The summed E-state index contributed by atoms with van der Waals surface area (Å²) >= 11 is 11.8. The smallest absolute Gasteiger partial charge is 0.222 e. The molecule has 0 unspecified atom stereocenters. The summed E-state index contributed by atoms with van der Waals surface area (Å²) in [6.07, 6.45) is 1.67. The number of hydrogen-bond acceptors (Lipinski definition) is 3. The number of ether oxygens (including phenoxy) is 1. The molecule has 0 radical (unpaired) electrons. The third-order valence-corrected chi connectivity index (χ3v) is 2.78. The predicted octanol–water partition coefficient (Wildman–Crippen LogP) is 3.77. The van der Waals surface area contributed by atoms with E-state index in [1.807, 2.05) is 6.92 Å². The van der Waals surface area contributed by atoms with Crippen LogP contribution in [-0.2, 0) is 0 Å². The van der Waals surface area contributed by atoms with Gasteiger partial charge in [-0.3, -0.25) is 0 Å².